The second kappa shape index (κ2) is 5.44. The molecule has 0 spiro atoms. The molecule has 22 heavy (non-hydrogen) atoms. The first-order valence-electron chi connectivity index (χ1n) is 6.70. The van der Waals surface area contributed by atoms with Crippen molar-refractivity contribution in [2.45, 2.75) is 6.92 Å². The van der Waals surface area contributed by atoms with E-state index in [-0.39, 0.29) is 5.69 Å². The Morgan fingerprint density at radius 1 is 1.18 bits per heavy atom. The molecule has 0 atom stereocenters. The van der Waals surface area contributed by atoms with Crippen molar-refractivity contribution in [2.75, 3.05) is 0 Å². The van der Waals surface area contributed by atoms with Crippen molar-refractivity contribution >= 4 is 5.97 Å². The number of nitrogens with zero attached hydrogens (tertiary/aromatic N) is 2. The third kappa shape index (κ3) is 2.61. The van der Waals surface area contributed by atoms with E-state index < -0.39 is 11.8 Å². The number of hydrogen-bond acceptors (Lipinski definition) is 2. The molecular formula is C17H13FN2O2. The van der Waals surface area contributed by atoms with Crippen molar-refractivity contribution in [2.24, 2.45) is 0 Å². The topological polar surface area (TPSA) is 55.1 Å². The summed E-state index contributed by atoms with van der Waals surface area (Å²) in [5.41, 5.74) is 2.25. The zero-order valence-electron chi connectivity index (χ0n) is 11.8. The maximum absolute atomic E-state index is 13.5. The first-order chi connectivity index (χ1) is 10.5. The van der Waals surface area contributed by atoms with E-state index >= 15 is 0 Å². The maximum Gasteiger partial charge on any atom is 0.356 e. The van der Waals surface area contributed by atoms with Crippen LogP contribution in [0.25, 0.3) is 17.1 Å². The zero-order valence-corrected chi connectivity index (χ0v) is 11.8. The number of rotatable bonds is 3. The molecule has 0 saturated carbocycles. The summed E-state index contributed by atoms with van der Waals surface area (Å²) < 4.78 is 15.1. The molecule has 0 radical (unpaired) electrons. The van der Waals surface area contributed by atoms with Gasteiger partial charge in [-0.3, -0.25) is 4.57 Å². The second-order valence-corrected chi connectivity index (χ2v) is 4.97. The SMILES string of the molecule is Cc1cccc(-c2nc(C(=O)O)cn2-c2cccc(F)c2)c1. The van der Waals surface area contributed by atoms with Crippen LogP contribution in [0.2, 0.25) is 0 Å². The Hall–Kier alpha value is -2.95. The summed E-state index contributed by atoms with van der Waals surface area (Å²) in [6, 6.07) is 13.5. The summed E-state index contributed by atoms with van der Waals surface area (Å²) in [4.78, 5) is 15.4. The van der Waals surface area contributed by atoms with Gasteiger partial charge in [0.2, 0.25) is 0 Å². The van der Waals surface area contributed by atoms with Crippen LogP contribution in [-0.2, 0) is 0 Å². The fourth-order valence-corrected chi connectivity index (χ4v) is 2.29. The number of hydrogen-bond donors (Lipinski definition) is 1. The number of carboxylic acids is 1. The van der Waals surface area contributed by atoms with Crippen LogP contribution in [0, 0.1) is 12.7 Å². The van der Waals surface area contributed by atoms with E-state index in [0.29, 0.717) is 11.5 Å². The Kier molecular flexibility index (Phi) is 3.47. The molecule has 3 aromatic rings. The Labute approximate surface area is 126 Å². The Bertz CT molecular complexity index is 792. The van der Waals surface area contributed by atoms with Crippen LogP contribution >= 0.6 is 0 Å². The summed E-state index contributed by atoms with van der Waals surface area (Å²) in [5.74, 6) is -1.05. The van der Waals surface area contributed by atoms with Gasteiger partial charge in [0.25, 0.3) is 0 Å². The number of aromatic nitrogens is 2. The van der Waals surface area contributed by atoms with Gasteiger partial charge in [0.1, 0.15) is 11.6 Å². The van der Waals surface area contributed by atoms with E-state index in [9.17, 15) is 14.3 Å². The van der Waals surface area contributed by atoms with Crippen LogP contribution in [0.3, 0.4) is 0 Å². The third-order valence-corrected chi connectivity index (χ3v) is 3.29. The highest BCUT2D eigenvalue weighted by molar-refractivity contribution is 5.86. The lowest BCUT2D eigenvalue weighted by atomic mass is 10.1. The highest BCUT2D eigenvalue weighted by Gasteiger charge is 2.16. The highest BCUT2D eigenvalue weighted by Crippen LogP contribution is 2.24. The number of imidazole rings is 1. The lowest BCUT2D eigenvalue weighted by Gasteiger charge is -2.08. The van der Waals surface area contributed by atoms with Crippen molar-refractivity contribution in [1.29, 1.82) is 0 Å². The minimum Gasteiger partial charge on any atom is -0.476 e. The summed E-state index contributed by atoms with van der Waals surface area (Å²) in [6.07, 6.45) is 1.40. The van der Waals surface area contributed by atoms with Crippen LogP contribution in [0.5, 0.6) is 0 Å². The fraction of sp³-hybridized carbons (Fsp3) is 0.0588. The molecule has 3 rings (SSSR count). The van der Waals surface area contributed by atoms with Gasteiger partial charge in [0, 0.05) is 17.4 Å². The standard InChI is InChI=1S/C17H13FN2O2/c1-11-4-2-5-12(8-11)16-19-15(17(21)22)10-20(16)14-7-3-6-13(18)9-14/h2-10H,1H3,(H,21,22). The molecule has 0 unspecified atom stereocenters. The maximum atomic E-state index is 13.5. The summed E-state index contributed by atoms with van der Waals surface area (Å²) in [6.45, 7) is 1.94. The van der Waals surface area contributed by atoms with Crippen molar-refractivity contribution in [3.05, 3.63) is 71.8 Å². The van der Waals surface area contributed by atoms with Crippen LogP contribution in [-0.4, -0.2) is 20.6 Å². The number of carbonyl (C=O) groups is 1. The molecular weight excluding hydrogens is 283 g/mol. The first-order valence-corrected chi connectivity index (χ1v) is 6.70. The summed E-state index contributed by atoms with van der Waals surface area (Å²) in [7, 11) is 0. The average molecular weight is 296 g/mol. The molecule has 0 bridgehead atoms. The van der Waals surface area contributed by atoms with Gasteiger partial charge < -0.3 is 5.11 Å². The molecule has 0 aliphatic carbocycles. The van der Waals surface area contributed by atoms with Gasteiger partial charge >= 0.3 is 5.97 Å². The summed E-state index contributed by atoms with van der Waals surface area (Å²) in [5, 5.41) is 9.18. The number of aryl methyl sites for hydroxylation is 1. The molecule has 1 N–H and O–H groups in total. The third-order valence-electron chi connectivity index (χ3n) is 3.29. The summed E-state index contributed by atoms with van der Waals surface area (Å²) >= 11 is 0. The van der Waals surface area contributed by atoms with Crippen molar-refractivity contribution < 1.29 is 14.3 Å². The van der Waals surface area contributed by atoms with Gasteiger partial charge in [-0.2, -0.15) is 0 Å². The second-order valence-electron chi connectivity index (χ2n) is 4.97. The van der Waals surface area contributed by atoms with Gasteiger partial charge in [-0.1, -0.05) is 29.8 Å². The number of carboxylic acid groups (broad SMARTS) is 1. The van der Waals surface area contributed by atoms with Crippen molar-refractivity contribution in [3.63, 3.8) is 0 Å². The average Bonchev–Trinajstić information content (AvgIpc) is 2.92. The van der Waals surface area contributed by atoms with Crippen LogP contribution in [0.15, 0.2) is 54.7 Å². The van der Waals surface area contributed by atoms with E-state index in [4.69, 9.17) is 0 Å². The number of halogens is 1. The minimum absolute atomic E-state index is 0.0826. The quantitative estimate of drug-likeness (QED) is 0.802. The molecule has 0 amide bonds. The smallest absolute Gasteiger partial charge is 0.356 e. The highest BCUT2D eigenvalue weighted by atomic mass is 19.1. The molecule has 0 fully saturated rings. The fourth-order valence-electron chi connectivity index (χ4n) is 2.29. The Morgan fingerprint density at radius 3 is 2.64 bits per heavy atom. The van der Waals surface area contributed by atoms with Gasteiger partial charge in [0.05, 0.1) is 0 Å². The van der Waals surface area contributed by atoms with Crippen LogP contribution in [0.1, 0.15) is 16.1 Å². The number of benzene rings is 2. The lowest BCUT2D eigenvalue weighted by molar-refractivity contribution is 0.0691. The molecule has 4 nitrogen and oxygen atoms in total. The molecule has 1 heterocycles. The molecule has 110 valence electrons. The van der Waals surface area contributed by atoms with Gasteiger partial charge in [-0.05, 0) is 31.2 Å². The lowest BCUT2D eigenvalue weighted by Crippen LogP contribution is -1.97. The van der Waals surface area contributed by atoms with Gasteiger partial charge in [-0.15, -0.1) is 0 Å². The minimum atomic E-state index is -1.12. The van der Waals surface area contributed by atoms with E-state index in [2.05, 4.69) is 4.98 Å². The predicted molar refractivity (Wildman–Crippen MR) is 80.7 cm³/mol. The van der Waals surface area contributed by atoms with E-state index in [1.54, 1.807) is 16.7 Å². The Balaban J connectivity index is 2.22. The Morgan fingerprint density at radius 2 is 1.95 bits per heavy atom. The monoisotopic (exact) mass is 296 g/mol. The predicted octanol–water partition coefficient (Wildman–Crippen LogP) is 3.69. The molecule has 0 aliphatic heterocycles. The molecule has 0 aliphatic rings. The molecule has 1 aromatic heterocycles. The van der Waals surface area contributed by atoms with E-state index in [0.717, 1.165) is 11.1 Å². The molecule has 2 aromatic carbocycles. The first kappa shape index (κ1) is 14.0. The normalized spacial score (nSPS) is 10.6. The van der Waals surface area contributed by atoms with Crippen LogP contribution < -0.4 is 0 Å². The molecule has 5 heteroatoms. The largest absolute Gasteiger partial charge is 0.476 e. The van der Waals surface area contributed by atoms with Gasteiger partial charge in [0.15, 0.2) is 5.69 Å². The van der Waals surface area contributed by atoms with Crippen LogP contribution in [0.4, 0.5) is 4.39 Å². The zero-order chi connectivity index (χ0) is 15.7. The molecule has 0 saturated heterocycles. The van der Waals surface area contributed by atoms with E-state index in [1.165, 1.54) is 18.3 Å². The van der Waals surface area contributed by atoms with Crippen molar-refractivity contribution in [1.82, 2.24) is 9.55 Å². The number of aromatic carboxylic acids is 1. The van der Waals surface area contributed by atoms with Crippen molar-refractivity contribution in [3.8, 4) is 17.1 Å². The van der Waals surface area contributed by atoms with E-state index in [1.807, 2.05) is 31.2 Å². The van der Waals surface area contributed by atoms with Gasteiger partial charge in [-0.25, -0.2) is 14.2 Å².